The molecule has 84 valence electrons. The molecule has 0 radical (unpaired) electrons. The van der Waals surface area contributed by atoms with E-state index in [1.165, 1.54) is 29.1 Å². The molecule has 0 amide bonds. The van der Waals surface area contributed by atoms with Gasteiger partial charge in [-0.15, -0.1) is 0 Å². The van der Waals surface area contributed by atoms with Gasteiger partial charge in [-0.1, -0.05) is 17.7 Å². The van der Waals surface area contributed by atoms with E-state index in [2.05, 4.69) is 10.1 Å². The summed E-state index contributed by atoms with van der Waals surface area (Å²) in [5.74, 6) is 0.0710. The molecular formula is C9H5ClF3N3. The van der Waals surface area contributed by atoms with Crippen LogP contribution < -0.4 is 0 Å². The summed E-state index contributed by atoms with van der Waals surface area (Å²) in [5, 5.41) is 3.95. The van der Waals surface area contributed by atoms with E-state index in [0.717, 1.165) is 6.07 Å². The van der Waals surface area contributed by atoms with Gasteiger partial charge in [-0.05, 0) is 18.2 Å². The maximum absolute atomic E-state index is 12.4. The van der Waals surface area contributed by atoms with Crippen LogP contribution in [0.4, 0.5) is 13.2 Å². The topological polar surface area (TPSA) is 30.7 Å². The lowest BCUT2D eigenvalue weighted by Crippen LogP contribution is -2.10. The van der Waals surface area contributed by atoms with Gasteiger partial charge in [-0.25, -0.2) is 9.67 Å². The fourth-order valence-corrected chi connectivity index (χ4v) is 1.28. The lowest BCUT2D eigenvalue weighted by Gasteiger charge is -2.07. The Morgan fingerprint density at radius 2 is 1.94 bits per heavy atom. The minimum absolute atomic E-state index is 0.0710. The number of hydrogen-bond acceptors (Lipinski definition) is 2. The highest BCUT2D eigenvalue weighted by Gasteiger charge is 2.32. The monoisotopic (exact) mass is 247 g/mol. The summed E-state index contributed by atoms with van der Waals surface area (Å²) in [6.45, 7) is 0. The maximum atomic E-state index is 12.4. The van der Waals surface area contributed by atoms with Crippen molar-refractivity contribution < 1.29 is 13.2 Å². The first-order valence-corrected chi connectivity index (χ1v) is 4.60. The van der Waals surface area contributed by atoms with Gasteiger partial charge in [0.25, 0.3) is 0 Å². The Morgan fingerprint density at radius 1 is 1.19 bits per heavy atom. The van der Waals surface area contributed by atoms with Gasteiger partial charge in [0.15, 0.2) is 11.0 Å². The van der Waals surface area contributed by atoms with Crippen LogP contribution in [0.15, 0.2) is 30.5 Å². The van der Waals surface area contributed by atoms with E-state index < -0.39 is 11.9 Å². The molecular weight excluding hydrogens is 243 g/mol. The van der Waals surface area contributed by atoms with Crippen LogP contribution in [0.2, 0.25) is 5.15 Å². The quantitative estimate of drug-likeness (QED) is 0.776. The summed E-state index contributed by atoms with van der Waals surface area (Å²) in [5.41, 5.74) is -0.961. The van der Waals surface area contributed by atoms with Crippen LogP contribution in [-0.4, -0.2) is 14.8 Å². The molecule has 0 N–H and O–H groups in total. The number of aromatic nitrogens is 3. The molecule has 2 aromatic heterocycles. The highest BCUT2D eigenvalue weighted by molar-refractivity contribution is 6.29. The number of hydrogen-bond donors (Lipinski definition) is 0. The Hall–Kier alpha value is -1.56. The molecule has 0 unspecified atom stereocenters. The fraction of sp³-hybridized carbons (Fsp3) is 0.111. The number of halogens is 4. The summed E-state index contributed by atoms with van der Waals surface area (Å²) in [6, 6.07) is 5.04. The van der Waals surface area contributed by atoms with E-state index in [0.29, 0.717) is 0 Å². The molecule has 0 bridgehead atoms. The van der Waals surface area contributed by atoms with Crippen molar-refractivity contribution >= 4 is 11.6 Å². The van der Waals surface area contributed by atoms with Gasteiger partial charge in [-0.2, -0.15) is 18.3 Å². The Balaban J connectivity index is 2.44. The summed E-state index contributed by atoms with van der Waals surface area (Å²) < 4.78 is 38.3. The van der Waals surface area contributed by atoms with Crippen molar-refractivity contribution in [2.24, 2.45) is 0 Å². The molecule has 0 aliphatic rings. The molecule has 0 aromatic carbocycles. The van der Waals surface area contributed by atoms with Crippen molar-refractivity contribution in [3.05, 3.63) is 41.3 Å². The minimum Gasteiger partial charge on any atom is -0.224 e. The van der Waals surface area contributed by atoms with Gasteiger partial charge in [0, 0.05) is 6.20 Å². The first-order chi connectivity index (χ1) is 7.47. The van der Waals surface area contributed by atoms with Crippen molar-refractivity contribution in [3.63, 3.8) is 0 Å². The minimum atomic E-state index is -4.47. The summed E-state index contributed by atoms with van der Waals surface area (Å²) in [7, 11) is 0. The fourth-order valence-electron chi connectivity index (χ4n) is 1.14. The van der Waals surface area contributed by atoms with E-state index in [1.54, 1.807) is 0 Å². The van der Waals surface area contributed by atoms with Crippen LogP contribution in [0.1, 0.15) is 5.69 Å². The van der Waals surface area contributed by atoms with E-state index >= 15 is 0 Å². The molecule has 0 aliphatic heterocycles. The van der Waals surface area contributed by atoms with Crippen molar-refractivity contribution in [1.29, 1.82) is 0 Å². The highest BCUT2D eigenvalue weighted by Crippen LogP contribution is 2.27. The Labute approximate surface area is 93.5 Å². The Kier molecular flexibility index (Phi) is 2.59. The van der Waals surface area contributed by atoms with Crippen molar-refractivity contribution in [1.82, 2.24) is 14.8 Å². The third-order valence-electron chi connectivity index (χ3n) is 1.82. The molecule has 0 atom stereocenters. The zero-order valence-corrected chi connectivity index (χ0v) is 8.50. The van der Waals surface area contributed by atoms with Gasteiger partial charge in [0.05, 0.1) is 0 Å². The highest BCUT2D eigenvalue weighted by atomic mass is 35.5. The predicted octanol–water partition coefficient (Wildman–Crippen LogP) is 2.94. The normalized spacial score (nSPS) is 11.8. The number of nitrogens with zero attached hydrogens (tertiary/aromatic N) is 3. The van der Waals surface area contributed by atoms with E-state index in [9.17, 15) is 13.2 Å². The third-order valence-corrected chi connectivity index (χ3v) is 2.02. The van der Waals surface area contributed by atoms with Crippen molar-refractivity contribution in [2.45, 2.75) is 6.18 Å². The predicted molar refractivity (Wildman–Crippen MR) is 51.4 cm³/mol. The van der Waals surface area contributed by atoms with Gasteiger partial charge in [0.1, 0.15) is 5.69 Å². The average Bonchev–Trinajstić information content (AvgIpc) is 2.64. The average molecular weight is 248 g/mol. The zero-order valence-electron chi connectivity index (χ0n) is 7.74. The summed E-state index contributed by atoms with van der Waals surface area (Å²) in [4.78, 5) is 3.44. The molecule has 2 rings (SSSR count). The molecule has 0 saturated carbocycles. The first kappa shape index (κ1) is 10.9. The molecule has 2 heterocycles. The molecule has 0 saturated heterocycles. The van der Waals surface area contributed by atoms with Crippen molar-refractivity contribution in [3.8, 4) is 5.82 Å². The molecule has 7 heteroatoms. The van der Waals surface area contributed by atoms with E-state index in [-0.39, 0.29) is 11.0 Å². The third kappa shape index (κ3) is 2.16. The van der Waals surface area contributed by atoms with Crippen LogP contribution in [-0.2, 0) is 6.18 Å². The molecule has 0 fully saturated rings. The maximum Gasteiger partial charge on any atom is 0.433 e. The second-order valence-corrected chi connectivity index (χ2v) is 3.35. The largest absolute Gasteiger partial charge is 0.433 e. The molecule has 3 nitrogen and oxygen atoms in total. The van der Waals surface area contributed by atoms with Crippen LogP contribution in [0.25, 0.3) is 5.82 Å². The number of alkyl halides is 3. The smallest absolute Gasteiger partial charge is 0.224 e. The summed E-state index contributed by atoms with van der Waals surface area (Å²) >= 11 is 5.56. The lowest BCUT2D eigenvalue weighted by atomic mass is 10.3. The number of rotatable bonds is 1. The SMILES string of the molecule is FC(F)(F)c1cccc(-n2ccc(Cl)n2)n1. The van der Waals surface area contributed by atoms with Gasteiger partial charge >= 0.3 is 6.18 Å². The first-order valence-electron chi connectivity index (χ1n) is 4.22. The second kappa shape index (κ2) is 3.79. The van der Waals surface area contributed by atoms with Gasteiger partial charge in [0.2, 0.25) is 0 Å². The standard InChI is InChI=1S/C9H5ClF3N3/c10-7-4-5-16(15-7)8-3-1-2-6(14-8)9(11,12)13/h1-5H. The lowest BCUT2D eigenvalue weighted by molar-refractivity contribution is -0.141. The van der Waals surface area contributed by atoms with Crippen LogP contribution in [0, 0.1) is 0 Å². The molecule has 0 aliphatic carbocycles. The Bertz CT molecular complexity index is 507. The van der Waals surface area contributed by atoms with Crippen LogP contribution in [0.5, 0.6) is 0 Å². The molecule has 0 spiro atoms. The second-order valence-electron chi connectivity index (χ2n) is 2.96. The van der Waals surface area contributed by atoms with Crippen LogP contribution in [0.3, 0.4) is 0 Å². The molecule has 16 heavy (non-hydrogen) atoms. The molecule has 2 aromatic rings. The number of pyridine rings is 1. The van der Waals surface area contributed by atoms with Crippen LogP contribution >= 0.6 is 11.6 Å². The van der Waals surface area contributed by atoms with E-state index in [1.807, 2.05) is 0 Å². The summed E-state index contributed by atoms with van der Waals surface area (Å²) in [6.07, 6.45) is -3.03. The Morgan fingerprint density at radius 3 is 2.50 bits per heavy atom. The zero-order chi connectivity index (χ0) is 11.8. The van der Waals surface area contributed by atoms with Gasteiger partial charge < -0.3 is 0 Å². The van der Waals surface area contributed by atoms with E-state index in [4.69, 9.17) is 11.6 Å². The van der Waals surface area contributed by atoms with Gasteiger partial charge in [-0.3, -0.25) is 0 Å². The van der Waals surface area contributed by atoms with Crippen molar-refractivity contribution in [2.75, 3.05) is 0 Å².